The molecule has 4 rings (SSSR count). The van der Waals surface area contributed by atoms with Crippen molar-refractivity contribution in [3.63, 3.8) is 0 Å². The highest BCUT2D eigenvalue weighted by Gasteiger charge is 2.48. The van der Waals surface area contributed by atoms with Crippen LogP contribution in [0.25, 0.3) is 0 Å². The highest BCUT2D eigenvalue weighted by molar-refractivity contribution is 9.10. The number of piperidine rings is 1. The van der Waals surface area contributed by atoms with Crippen molar-refractivity contribution in [1.29, 1.82) is 0 Å². The minimum Gasteiger partial charge on any atom is -0.444 e. The molecule has 1 atom stereocenters. The molecule has 2 aliphatic heterocycles. The lowest BCUT2D eigenvalue weighted by molar-refractivity contribution is -0.122. The predicted octanol–water partition coefficient (Wildman–Crippen LogP) is 6.01. The third-order valence-corrected chi connectivity index (χ3v) is 8.00. The molecule has 8 heteroatoms. The van der Waals surface area contributed by atoms with E-state index < -0.39 is 16.9 Å². The van der Waals surface area contributed by atoms with Gasteiger partial charge < -0.3 is 15.4 Å². The molecule has 36 heavy (non-hydrogen) atoms. The Morgan fingerprint density at radius 3 is 2.39 bits per heavy atom. The number of nitrogens with two attached hydrogens (primary N) is 1. The summed E-state index contributed by atoms with van der Waals surface area (Å²) in [5.41, 5.74) is 8.13. The summed E-state index contributed by atoms with van der Waals surface area (Å²) >= 11 is 3.42. The maximum absolute atomic E-state index is 13.8. The third-order valence-electron chi connectivity index (χ3n) is 7.34. The number of benzene rings is 2. The number of anilines is 2. The molecule has 2 N–H and O–H groups in total. The molecule has 2 heterocycles. The molecule has 2 aromatic carbocycles. The molecule has 0 saturated carbocycles. The van der Waals surface area contributed by atoms with E-state index in [2.05, 4.69) is 28.1 Å². The van der Waals surface area contributed by atoms with E-state index in [1.807, 2.05) is 40.7 Å². The Hall–Kier alpha value is -2.87. The summed E-state index contributed by atoms with van der Waals surface area (Å²) in [6, 6.07) is 11.5. The fourth-order valence-corrected chi connectivity index (χ4v) is 5.71. The lowest BCUT2D eigenvalue weighted by atomic mass is 9.79. The van der Waals surface area contributed by atoms with E-state index in [0.29, 0.717) is 29.7 Å². The maximum atomic E-state index is 13.8. The van der Waals surface area contributed by atoms with Crippen LogP contribution in [0.1, 0.15) is 81.3 Å². The van der Waals surface area contributed by atoms with Gasteiger partial charge in [0.05, 0.1) is 22.4 Å². The first-order chi connectivity index (χ1) is 16.9. The molecule has 2 aromatic rings. The van der Waals surface area contributed by atoms with Gasteiger partial charge in [0.15, 0.2) is 0 Å². The predicted molar refractivity (Wildman–Crippen MR) is 144 cm³/mol. The maximum Gasteiger partial charge on any atom is 0.410 e. The Kier molecular flexibility index (Phi) is 6.94. The molecule has 1 unspecified atom stereocenters. The van der Waals surface area contributed by atoms with Gasteiger partial charge in [-0.25, -0.2) is 4.79 Å². The monoisotopic (exact) mass is 555 g/mol. The second-order valence-electron chi connectivity index (χ2n) is 10.8. The lowest BCUT2D eigenvalue weighted by Crippen LogP contribution is -2.41. The Morgan fingerprint density at radius 1 is 1.14 bits per heavy atom. The molecular weight excluding hydrogens is 522 g/mol. The third kappa shape index (κ3) is 4.63. The van der Waals surface area contributed by atoms with Crippen LogP contribution < -0.4 is 10.6 Å². The van der Waals surface area contributed by atoms with Crippen LogP contribution in [0.2, 0.25) is 0 Å². The van der Waals surface area contributed by atoms with Crippen molar-refractivity contribution in [3.05, 3.63) is 57.6 Å². The molecule has 0 bridgehead atoms. The van der Waals surface area contributed by atoms with Gasteiger partial charge in [0, 0.05) is 17.6 Å². The molecular formula is C28H34BrN3O4. The molecule has 0 aromatic heterocycles. The van der Waals surface area contributed by atoms with Crippen LogP contribution >= 0.6 is 15.9 Å². The normalized spacial score (nSPS) is 20.4. The minimum absolute atomic E-state index is 0.0718. The average molecular weight is 557 g/mol. The van der Waals surface area contributed by atoms with Crippen molar-refractivity contribution in [1.82, 2.24) is 4.90 Å². The lowest BCUT2D eigenvalue weighted by Gasteiger charge is -2.34. The Balaban J connectivity index is 1.65. The van der Waals surface area contributed by atoms with Crippen molar-refractivity contribution in [2.24, 2.45) is 5.73 Å². The van der Waals surface area contributed by atoms with Crippen molar-refractivity contribution < 1.29 is 19.1 Å². The molecule has 2 aliphatic rings. The van der Waals surface area contributed by atoms with Crippen molar-refractivity contribution in [3.8, 4) is 0 Å². The van der Waals surface area contributed by atoms with Crippen LogP contribution in [0, 0.1) is 0 Å². The number of hydrogen-bond acceptors (Lipinski definition) is 4. The summed E-state index contributed by atoms with van der Waals surface area (Å²) in [6.07, 6.45) is 2.01. The van der Waals surface area contributed by atoms with Gasteiger partial charge in [-0.3, -0.25) is 14.5 Å². The van der Waals surface area contributed by atoms with Gasteiger partial charge in [-0.1, -0.05) is 25.1 Å². The van der Waals surface area contributed by atoms with Crippen LogP contribution in [0.15, 0.2) is 40.9 Å². The van der Waals surface area contributed by atoms with Crippen LogP contribution in [0.5, 0.6) is 0 Å². The number of halogens is 1. The summed E-state index contributed by atoms with van der Waals surface area (Å²) in [5.74, 6) is -0.380. The molecule has 1 fully saturated rings. The SMILES string of the molecule is CCC1(C)C(=O)N(c2cccc(Br)c2C(N)=O)c2ccc(C3CCN(C(=O)OC(C)(C)C)CC3)cc21. The quantitative estimate of drug-likeness (QED) is 0.500. The van der Waals surface area contributed by atoms with Crippen molar-refractivity contribution in [2.45, 2.75) is 70.8 Å². The molecule has 3 amide bonds. The second kappa shape index (κ2) is 9.54. The van der Waals surface area contributed by atoms with E-state index >= 15 is 0 Å². The summed E-state index contributed by atoms with van der Waals surface area (Å²) in [4.78, 5) is 42.0. The summed E-state index contributed by atoms with van der Waals surface area (Å²) in [6.45, 7) is 10.9. The summed E-state index contributed by atoms with van der Waals surface area (Å²) in [7, 11) is 0. The number of likely N-dealkylation sites (tertiary alicyclic amines) is 1. The average Bonchev–Trinajstić information content (AvgIpc) is 3.04. The van der Waals surface area contributed by atoms with Crippen molar-refractivity contribution >= 4 is 45.2 Å². The standard InChI is InChI=1S/C28H34BrN3O4/c1-6-28(5)19-16-18(17-12-14-31(15-13-17)26(35)36-27(2,3)4)10-11-21(19)32(25(28)34)22-9-7-8-20(29)23(22)24(30)33/h7-11,16-17H,6,12-15H2,1-5H3,(H2,30,33). The zero-order chi connectivity index (χ0) is 26.4. The molecule has 0 radical (unpaired) electrons. The Morgan fingerprint density at radius 2 is 1.81 bits per heavy atom. The number of amides is 3. The largest absolute Gasteiger partial charge is 0.444 e. The number of fused-ring (bicyclic) bond motifs is 1. The molecule has 0 spiro atoms. The minimum atomic E-state index is -0.722. The Bertz CT molecular complexity index is 1210. The molecule has 192 valence electrons. The van der Waals surface area contributed by atoms with Gasteiger partial charge in [0.1, 0.15) is 5.60 Å². The number of primary amides is 1. The fourth-order valence-electron chi connectivity index (χ4n) is 5.16. The number of ether oxygens (including phenoxy) is 1. The van der Waals surface area contributed by atoms with Gasteiger partial charge >= 0.3 is 6.09 Å². The van der Waals surface area contributed by atoms with Crippen LogP contribution in [-0.4, -0.2) is 41.5 Å². The number of hydrogen-bond donors (Lipinski definition) is 1. The van der Waals surface area contributed by atoms with Gasteiger partial charge in [-0.05, 0) is 98.1 Å². The van der Waals surface area contributed by atoms with Gasteiger partial charge in [-0.15, -0.1) is 0 Å². The zero-order valence-corrected chi connectivity index (χ0v) is 23.1. The molecule has 0 aliphatic carbocycles. The van der Waals surface area contributed by atoms with Crippen LogP contribution in [0.4, 0.5) is 16.2 Å². The van der Waals surface area contributed by atoms with Gasteiger partial charge in [0.25, 0.3) is 5.91 Å². The van der Waals surface area contributed by atoms with Crippen LogP contribution in [-0.2, 0) is 14.9 Å². The Labute approximate surface area is 221 Å². The van der Waals surface area contributed by atoms with E-state index in [9.17, 15) is 14.4 Å². The number of carbonyl (C=O) groups excluding carboxylic acids is 3. The van der Waals surface area contributed by atoms with E-state index in [1.54, 1.807) is 28.0 Å². The van der Waals surface area contributed by atoms with Gasteiger partial charge in [0.2, 0.25) is 5.91 Å². The molecule has 7 nitrogen and oxygen atoms in total. The highest BCUT2D eigenvalue weighted by atomic mass is 79.9. The highest BCUT2D eigenvalue weighted by Crippen LogP contribution is 2.49. The second-order valence-corrected chi connectivity index (χ2v) is 11.7. The van der Waals surface area contributed by atoms with Gasteiger partial charge in [-0.2, -0.15) is 0 Å². The first-order valence-corrected chi connectivity index (χ1v) is 13.2. The first kappa shape index (κ1) is 26.2. The number of carbonyl (C=O) groups is 3. The number of rotatable bonds is 4. The van der Waals surface area contributed by atoms with Crippen molar-refractivity contribution in [2.75, 3.05) is 18.0 Å². The zero-order valence-electron chi connectivity index (χ0n) is 21.6. The molecule has 1 saturated heterocycles. The summed E-state index contributed by atoms with van der Waals surface area (Å²) < 4.78 is 6.08. The van der Waals surface area contributed by atoms with E-state index in [0.717, 1.165) is 29.7 Å². The van der Waals surface area contributed by atoms with E-state index in [1.165, 1.54) is 0 Å². The van der Waals surface area contributed by atoms with E-state index in [-0.39, 0.29) is 23.5 Å². The number of nitrogens with zero attached hydrogens (tertiary/aromatic N) is 2. The van der Waals surface area contributed by atoms with E-state index in [4.69, 9.17) is 10.5 Å². The van der Waals surface area contributed by atoms with Crippen LogP contribution in [0.3, 0.4) is 0 Å². The summed E-state index contributed by atoms with van der Waals surface area (Å²) in [5, 5.41) is 0. The topological polar surface area (TPSA) is 92.9 Å². The smallest absolute Gasteiger partial charge is 0.410 e. The fraction of sp³-hybridized carbons (Fsp3) is 0.464. The first-order valence-electron chi connectivity index (χ1n) is 12.4.